The fourth-order valence-electron chi connectivity index (χ4n) is 8.18. The van der Waals surface area contributed by atoms with Gasteiger partial charge in [-0.3, -0.25) is 19.2 Å². The van der Waals surface area contributed by atoms with Crippen molar-refractivity contribution in [3.8, 4) is 0 Å². The van der Waals surface area contributed by atoms with Crippen LogP contribution in [0.4, 0.5) is 11.4 Å². The molecule has 6 rings (SSSR count). The van der Waals surface area contributed by atoms with Gasteiger partial charge in [-0.05, 0) is 56.0 Å². The zero-order valence-corrected chi connectivity index (χ0v) is 29.9. The summed E-state index contributed by atoms with van der Waals surface area (Å²) in [5.41, 5.74) is 0.896. The van der Waals surface area contributed by atoms with Crippen LogP contribution in [0.3, 0.4) is 0 Å². The number of anilines is 2. The number of rotatable bonds is 9. The Morgan fingerprint density at radius 2 is 1.71 bits per heavy atom. The Balaban J connectivity index is 1.44. The molecule has 4 heterocycles. The highest BCUT2D eigenvalue weighted by molar-refractivity contribution is 6.05. The molecule has 2 saturated heterocycles. The number of fused-ring (bicyclic) bond motifs is 2. The number of allylic oxidation sites excluding steroid dienone is 1. The smallest absolute Gasteiger partial charge is 0.313 e. The molecule has 2 fully saturated rings. The normalized spacial score (nSPS) is 29.8. The zero-order chi connectivity index (χ0) is 36.3. The molecule has 11 heteroatoms. The molecule has 3 amide bonds. The molecule has 2 aromatic rings. The molecule has 0 aromatic heterocycles. The van der Waals surface area contributed by atoms with E-state index in [1.807, 2.05) is 74.5 Å². The number of benzene rings is 2. The molecule has 2 N–H and O–H groups in total. The van der Waals surface area contributed by atoms with Gasteiger partial charge >= 0.3 is 5.97 Å². The summed E-state index contributed by atoms with van der Waals surface area (Å²) < 4.78 is 13.1. The Morgan fingerprint density at radius 1 is 0.980 bits per heavy atom. The van der Waals surface area contributed by atoms with E-state index in [-0.39, 0.29) is 43.8 Å². The number of hydrogen-bond donors (Lipinski definition) is 2. The van der Waals surface area contributed by atoms with Crippen molar-refractivity contribution in [2.45, 2.75) is 76.9 Å². The highest BCUT2D eigenvalue weighted by Gasteiger charge is 2.72. The maximum absolute atomic E-state index is 15.0. The fraction of sp³-hybridized carbons (Fsp3) is 0.500. The molecule has 4 aliphatic heterocycles. The predicted octanol–water partition coefficient (Wildman–Crippen LogP) is 4.17. The number of likely N-dealkylation sites (tertiary alicyclic amines) is 1. The third kappa shape index (κ3) is 6.69. The molecule has 0 unspecified atom stereocenters. The predicted molar refractivity (Wildman–Crippen MR) is 194 cm³/mol. The summed E-state index contributed by atoms with van der Waals surface area (Å²) in [6.07, 6.45) is 6.72. The monoisotopic (exact) mass is 698 g/mol. The molecule has 272 valence electrons. The van der Waals surface area contributed by atoms with E-state index in [4.69, 9.17) is 9.47 Å². The number of nitrogens with one attached hydrogen (secondary N) is 1. The van der Waals surface area contributed by atoms with E-state index in [0.29, 0.717) is 24.1 Å². The summed E-state index contributed by atoms with van der Waals surface area (Å²) in [6.45, 7) is 9.74. The van der Waals surface area contributed by atoms with E-state index in [1.165, 1.54) is 4.90 Å². The number of hydrogen-bond acceptors (Lipinski definition) is 8. The van der Waals surface area contributed by atoms with Crippen molar-refractivity contribution < 1.29 is 33.8 Å². The molecule has 0 saturated carbocycles. The highest BCUT2D eigenvalue weighted by atomic mass is 16.6. The minimum Gasteiger partial charge on any atom is -0.455 e. The number of aliphatic hydroxyl groups excluding tert-OH is 1. The summed E-state index contributed by atoms with van der Waals surface area (Å²) >= 11 is 0. The second kappa shape index (κ2) is 15.4. The lowest BCUT2D eigenvalue weighted by Crippen LogP contribution is -2.59. The molecule has 0 bridgehead atoms. The average molecular weight is 699 g/mol. The van der Waals surface area contributed by atoms with Gasteiger partial charge in [-0.2, -0.15) is 0 Å². The molecule has 2 aromatic carbocycles. The first kappa shape index (κ1) is 36.3. The van der Waals surface area contributed by atoms with Crippen LogP contribution in [0, 0.1) is 17.8 Å². The van der Waals surface area contributed by atoms with Crippen molar-refractivity contribution >= 4 is 35.1 Å². The van der Waals surface area contributed by atoms with Crippen LogP contribution in [-0.4, -0.2) is 90.3 Å². The molecule has 0 radical (unpaired) electrons. The van der Waals surface area contributed by atoms with Crippen molar-refractivity contribution in [1.29, 1.82) is 0 Å². The van der Waals surface area contributed by atoms with Crippen LogP contribution < -0.4 is 15.1 Å². The summed E-state index contributed by atoms with van der Waals surface area (Å²) in [5.74, 6) is -3.93. The largest absolute Gasteiger partial charge is 0.455 e. The number of amides is 3. The standard InChI is InChI=1S/C40H50N4O7/c1-5-26(4)30(25-45)44-36-38(48)43(29-20-18-28(19-21-29)42(6-2)7-3)23-13-22-40(36)35(37(44)47)34-31(51-40)16-11-12-17-33(46)41-24-32(50-39(34)49)27-14-9-8-10-15-27/h8-11,13-16,18-22,26,30-32,34-36,45H,5-7,12,17,23-25H2,1-4H3,(H,41,46)/b16-11-/t26-,30-,31+,32-,34-,35-,36+,40-/m0/s1. The van der Waals surface area contributed by atoms with E-state index in [1.54, 1.807) is 23.1 Å². The summed E-state index contributed by atoms with van der Waals surface area (Å²) in [5, 5.41) is 13.7. The zero-order valence-electron chi connectivity index (χ0n) is 29.9. The Kier molecular flexibility index (Phi) is 11.0. The Labute approximate surface area is 300 Å². The molecule has 51 heavy (non-hydrogen) atoms. The van der Waals surface area contributed by atoms with Gasteiger partial charge in [0, 0.05) is 37.4 Å². The summed E-state index contributed by atoms with van der Waals surface area (Å²) in [6, 6.07) is 15.1. The number of nitrogens with zero attached hydrogens (tertiary/aromatic N) is 3. The van der Waals surface area contributed by atoms with Crippen molar-refractivity contribution in [3.05, 3.63) is 84.5 Å². The van der Waals surface area contributed by atoms with Gasteiger partial charge in [0.15, 0.2) is 0 Å². The van der Waals surface area contributed by atoms with Gasteiger partial charge in [0.2, 0.25) is 11.8 Å². The van der Waals surface area contributed by atoms with Crippen LogP contribution in [-0.2, 0) is 28.7 Å². The summed E-state index contributed by atoms with van der Waals surface area (Å²) in [7, 11) is 0. The van der Waals surface area contributed by atoms with E-state index < -0.39 is 53.6 Å². The van der Waals surface area contributed by atoms with Gasteiger partial charge in [-0.15, -0.1) is 0 Å². The molecule has 4 aliphatic rings. The second-order valence-electron chi connectivity index (χ2n) is 13.9. The summed E-state index contributed by atoms with van der Waals surface area (Å²) in [4.78, 5) is 62.5. The number of carbonyl (C=O) groups is 4. The lowest BCUT2D eigenvalue weighted by Gasteiger charge is -2.40. The van der Waals surface area contributed by atoms with Crippen LogP contribution in [0.2, 0.25) is 0 Å². The molecule has 1 spiro atoms. The Hall–Kier alpha value is -4.48. The Bertz CT molecular complexity index is 1640. The van der Waals surface area contributed by atoms with E-state index in [0.717, 1.165) is 18.8 Å². The maximum Gasteiger partial charge on any atom is 0.313 e. The lowest BCUT2D eigenvalue weighted by molar-refractivity contribution is -0.160. The topological polar surface area (TPSA) is 129 Å². The Morgan fingerprint density at radius 3 is 2.37 bits per heavy atom. The first-order valence-corrected chi connectivity index (χ1v) is 18.3. The number of cyclic esters (lactones) is 1. The quantitative estimate of drug-likeness (QED) is 0.295. The van der Waals surface area contributed by atoms with Gasteiger partial charge in [0.25, 0.3) is 5.91 Å². The van der Waals surface area contributed by atoms with Crippen LogP contribution in [0.5, 0.6) is 0 Å². The minimum absolute atomic E-state index is 0.0655. The van der Waals surface area contributed by atoms with Crippen molar-refractivity contribution in [2.75, 3.05) is 42.6 Å². The first-order chi connectivity index (χ1) is 24.7. The first-order valence-electron chi connectivity index (χ1n) is 18.3. The molecule has 0 aliphatic carbocycles. The van der Waals surface area contributed by atoms with Crippen LogP contribution in [0.1, 0.15) is 58.6 Å². The average Bonchev–Trinajstić information content (AvgIpc) is 3.53. The van der Waals surface area contributed by atoms with Gasteiger partial charge < -0.3 is 34.6 Å². The molecule has 8 atom stereocenters. The lowest BCUT2D eigenvalue weighted by atomic mass is 9.77. The third-order valence-corrected chi connectivity index (χ3v) is 11.1. The third-order valence-electron chi connectivity index (χ3n) is 11.1. The van der Waals surface area contributed by atoms with E-state index in [2.05, 4.69) is 24.1 Å². The molecule has 11 nitrogen and oxygen atoms in total. The van der Waals surface area contributed by atoms with Gasteiger partial charge in [-0.25, -0.2) is 0 Å². The van der Waals surface area contributed by atoms with Crippen LogP contribution in [0.25, 0.3) is 0 Å². The highest BCUT2D eigenvalue weighted by Crippen LogP contribution is 2.54. The van der Waals surface area contributed by atoms with E-state index in [9.17, 15) is 19.5 Å². The van der Waals surface area contributed by atoms with Crippen LogP contribution in [0.15, 0.2) is 78.9 Å². The molecular formula is C40H50N4O7. The number of carbonyl (C=O) groups excluding carboxylic acids is 4. The molecular weight excluding hydrogens is 648 g/mol. The van der Waals surface area contributed by atoms with Crippen molar-refractivity contribution in [3.63, 3.8) is 0 Å². The number of ether oxygens (including phenoxy) is 2. The fourth-order valence-corrected chi connectivity index (χ4v) is 8.18. The minimum atomic E-state index is -1.51. The SMILES string of the molecule is CC[C@H](C)[C@H](CO)N1C(=O)[C@@H]2[C@H]3C(=O)O[C@H](c4ccccc4)CNC(=O)CC/C=C\[C@H]3O[C@@]23C=CCN(c2ccc(N(CC)CC)cc2)C(=O)[C@@H]13. The van der Waals surface area contributed by atoms with Gasteiger partial charge in [0.05, 0.1) is 31.2 Å². The number of esters is 1. The van der Waals surface area contributed by atoms with Crippen molar-refractivity contribution in [1.82, 2.24) is 10.2 Å². The second-order valence-corrected chi connectivity index (χ2v) is 13.9. The van der Waals surface area contributed by atoms with Gasteiger partial charge in [-0.1, -0.05) is 74.9 Å². The van der Waals surface area contributed by atoms with Crippen molar-refractivity contribution in [2.24, 2.45) is 17.8 Å². The van der Waals surface area contributed by atoms with Gasteiger partial charge in [0.1, 0.15) is 23.7 Å². The maximum atomic E-state index is 15.0. The number of aliphatic hydroxyl groups is 1. The van der Waals surface area contributed by atoms with E-state index >= 15 is 4.79 Å². The van der Waals surface area contributed by atoms with Crippen LogP contribution >= 0.6 is 0 Å².